The van der Waals surface area contributed by atoms with E-state index in [-0.39, 0.29) is 11.1 Å². The molecule has 0 aromatic heterocycles. The highest BCUT2D eigenvalue weighted by molar-refractivity contribution is 9.10. The number of rotatable bonds is 6. The molecule has 21 heavy (non-hydrogen) atoms. The normalized spacial score (nSPS) is 13.0. The van der Waals surface area contributed by atoms with Crippen molar-refractivity contribution in [3.05, 3.63) is 28.0 Å². The molecule has 0 spiro atoms. The first-order valence-corrected chi connectivity index (χ1v) is 8.31. The van der Waals surface area contributed by atoms with Gasteiger partial charge in [0.05, 0.1) is 17.1 Å². The van der Waals surface area contributed by atoms with Gasteiger partial charge < -0.3 is 9.47 Å². The van der Waals surface area contributed by atoms with Crippen LogP contribution in [-0.2, 0) is 19.5 Å². The van der Waals surface area contributed by atoms with Gasteiger partial charge in [0.1, 0.15) is 11.9 Å². The monoisotopic (exact) mass is 383 g/mol. The van der Waals surface area contributed by atoms with Crippen LogP contribution >= 0.6 is 15.9 Å². The van der Waals surface area contributed by atoms with Gasteiger partial charge in [0, 0.05) is 11.1 Å². The summed E-state index contributed by atoms with van der Waals surface area (Å²) in [5, 5.41) is 4.99. The van der Waals surface area contributed by atoms with Crippen LogP contribution in [0, 0.1) is 5.82 Å². The summed E-state index contributed by atoms with van der Waals surface area (Å²) in [6, 6.07) is 1.69. The lowest BCUT2D eigenvalue weighted by molar-refractivity contribution is 0.00398. The van der Waals surface area contributed by atoms with Crippen molar-refractivity contribution in [3.63, 3.8) is 0 Å². The van der Waals surface area contributed by atoms with Gasteiger partial charge in [0.15, 0.2) is 0 Å². The molecule has 0 fully saturated rings. The van der Waals surface area contributed by atoms with Crippen LogP contribution in [-0.4, -0.2) is 33.7 Å². The van der Waals surface area contributed by atoms with E-state index in [1.54, 1.807) is 13.8 Å². The minimum atomic E-state index is -4.09. The molecule has 1 unspecified atom stereocenters. The quantitative estimate of drug-likeness (QED) is 0.755. The average Bonchev–Trinajstić information content (AvgIpc) is 2.34. The van der Waals surface area contributed by atoms with Crippen molar-refractivity contribution in [3.8, 4) is 0 Å². The lowest BCUT2D eigenvalue weighted by Crippen LogP contribution is -2.22. The number of carbonyl (C=O) groups excluding carboxylic acids is 1. The second-order valence-corrected chi connectivity index (χ2v) is 6.57. The molecular formula is C12H15BrFNO5S. The Morgan fingerprint density at radius 2 is 2.10 bits per heavy atom. The highest BCUT2D eigenvalue weighted by atomic mass is 79.9. The summed E-state index contributed by atoms with van der Waals surface area (Å²) in [6.07, 6.45) is -0.599. The molecule has 0 heterocycles. The maximum absolute atomic E-state index is 13.8. The van der Waals surface area contributed by atoms with E-state index >= 15 is 0 Å². The first kappa shape index (κ1) is 18.0. The summed E-state index contributed by atoms with van der Waals surface area (Å²) in [5.74, 6) is -1.90. The fraction of sp³-hybridized carbons (Fsp3) is 0.417. The molecule has 9 heteroatoms. The van der Waals surface area contributed by atoms with Gasteiger partial charge in [0.25, 0.3) is 0 Å². The SMILES string of the molecule is CCOCC(C)OC(=O)c1cc(S(N)(=O)=O)c(Br)cc1F. The van der Waals surface area contributed by atoms with Gasteiger partial charge in [-0.15, -0.1) is 0 Å². The van der Waals surface area contributed by atoms with Crippen LogP contribution in [0.1, 0.15) is 24.2 Å². The topological polar surface area (TPSA) is 95.7 Å². The van der Waals surface area contributed by atoms with Crippen molar-refractivity contribution in [2.45, 2.75) is 24.8 Å². The highest BCUT2D eigenvalue weighted by Crippen LogP contribution is 2.25. The van der Waals surface area contributed by atoms with Crippen molar-refractivity contribution in [2.75, 3.05) is 13.2 Å². The molecule has 1 aromatic rings. The third-order valence-corrected chi connectivity index (χ3v) is 4.28. The summed E-state index contributed by atoms with van der Waals surface area (Å²) in [4.78, 5) is 11.5. The molecule has 0 radical (unpaired) electrons. The molecule has 0 saturated carbocycles. The van der Waals surface area contributed by atoms with Crippen LogP contribution in [0.5, 0.6) is 0 Å². The molecule has 2 N–H and O–H groups in total. The highest BCUT2D eigenvalue weighted by Gasteiger charge is 2.22. The molecule has 0 aliphatic rings. The molecule has 0 bridgehead atoms. The number of hydrogen-bond acceptors (Lipinski definition) is 5. The Balaban J connectivity index is 3.05. The van der Waals surface area contributed by atoms with Gasteiger partial charge in [-0.3, -0.25) is 0 Å². The zero-order chi connectivity index (χ0) is 16.2. The van der Waals surface area contributed by atoms with E-state index in [2.05, 4.69) is 15.9 Å². The summed E-state index contributed by atoms with van der Waals surface area (Å²) < 4.78 is 46.5. The standard InChI is InChI=1S/C12H15BrFNO5S/c1-3-19-6-7(2)20-12(16)8-4-11(21(15,17)18)9(13)5-10(8)14/h4-5,7H,3,6H2,1-2H3,(H2,15,17,18). The van der Waals surface area contributed by atoms with E-state index in [0.717, 1.165) is 12.1 Å². The van der Waals surface area contributed by atoms with Crippen molar-refractivity contribution < 1.29 is 27.1 Å². The summed E-state index contributed by atoms with van der Waals surface area (Å²) in [5.41, 5.74) is -0.509. The van der Waals surface area contributed by atoms with Crippen LogP contribution in [0.25, 0.3) is 0 Å². The molecular weight excluding hydrogens is 369 g/mol. The van der Waals surface area contributed by atoms with Crippen molar-refractivity contribution in [1.82, 2.24) is 0 Å². The molecule has 0 aliphatic carbocycles. The van der Waals surface area contributed by atoms with E-state index in [4.69, 9.17) is 14.6 Å². The van der Waals surface area contributed by atoms with Gasteiger partial charge in [-0.2, -0.15) is 0 Å². The zero-order valence-corrected chi connectivity index (χ0v) is 13.8. The van der Waals surface area contributed by atoms with Gasteiger partial charge in [-0.1, -0.05) is 0 Å². The average molecular weight is 384 g/mol. The molecule has 1 atom stereocenters. The van der Waals surface area contributed by atoms with Gasteiger partial charge in [0.2, 0.25) is 10.0 Å². The van der Waals surface area contributed by atoms with Gasteiger partial charge >= 0.3 is 5.97 Å². The fourth-order valence-electron chi connectivity index (χ4n) is 1.47. The second kappa shape index (κ2) is 7.30. The Morgan fingerprint density at radius 1 is 1.48 bits per heavy atom. The van der Waals surface area contributed by atoms with Gasteiger partial charge in [-0.25, -0.2) is 22.7 Å². The molecule has 0 amide bonds. The number of primary sulfonamides is 1. The van der Waals surface area contributed by atoms with E-state index in [1.807, 2.05) is 0 Å². The van der Waals surface area contributed by atoms with Crippen LogP contribution < -0.4 is 5.14 Å². The summed E-state index contributed by atoms with van der Waals surface area (Å²) in [6.45, 7) is 3.96. The van der Waals surface area contributed by atoms with E-state index in [0.29, 0.717) is 6.61 Å². The van der Waals surface area contributed by atoms with Crippen LogP contribution in [0.3, 0.4) is 0 Å². The lowest BCUT2D eigenvalue weighted by Gasteiger charge is -2.14. The number of benzene rings is 1. The Morgan fingerprint density at radius 3 is 2.62 bits per heavy atom. The van der Waals surface area contributed by atoms with Crippen molar-refractivity contribution >= 4 is 31.9 Å². The van der Waals surface area contributed by atoms with E-state index in [1.165, 1.54) is 0 Å². The molecule has 0 saturated heterocycles. The minimum absolute atomic E-state index is 0.0681. The Kier molecular flexibility index (Phi) is 6.26. The number of ether oxygens (including phenoxy) is 2. The minimum Gasteiger partial charge on any atom is -0.457 e. The molecule has 1 aromatic carbocycles. The largest absolute Gasteiger partial charge is 0.457 e. The van der Waals surface area contributed by atoms with Crippen molar-refractivity contribution in [2.24, 2.45) is 5.14 Å². The van der Waals surface area contributed by atoms with Crippen LogP contribution in [0.4, 0.5) is 4.39 Å². The number of carbonyl (C=O) groups is 1. The fourth-order valence-corrected chi connectivity index (χ4v) is 3.07. The van der Waals surface area contributed by atoms with E-state index in [9.17, 15) is 17.6 Å². The zero-order valence-electron chi connectivity index (χ0n) is 11.4. The molecule has 6 nitrogen and oxygen atoms in total. The molecule has 118 valence electrons. The summed E-state index contributed by atoms with van der Waals surface area (Å²) in [7, 11) is -4.09. The Hall–Kier alpha value is -1.03. The molecule has 0 aliphatic heterocycles. The lowest BCUT2D eigenvalue weighted by atomic mass is 10.2. The number of sulfonamides is 1. The number of esters is 1. The Labute approximate surface area is 130 Å². The second-order valence-electron chi connectivity index (χ2n) is 4.18. The summed E-state index contributed by atoms with van der Waals surface area (Å²) >= 11 is 2.88. The van der Waals surface area contributed by atoms with Crippen molar-refractivity contribution in [1.29, 1.82) is 0 Å². The number of hydrogen-bond donors (Lipinski definition) is 1. The van der Waals surface area contributed by atoms with Crippen LogP contribution in [0.2, 0.25) is 0 Å². The van der Waals surface area contributed by atoms with E-state index < -0.39 is 38.4 Å². The Bertz CT molecular complexity index is 635. The predicted molar refractivity (Wildman–Crippen MR) is 76.8 cm³/mol. The maximum atomic E-state index is 13.8. The molecule has 1 rings (SSSR count). The third-order valence-electron chi connectivity index (χ3n) is 2.41. The first-order chi connectivity index (χ1) is 9.66. The number of nitrogens with two attached hydrogens (primary N) is 1. The van der Waals surface area contributed by atoms with Gasteiger partial charge in [-0.05, 0) is 41.9 Å². The number of halogens is 2. The maximum Gasteiger partial charge on any atom is 0.341 e. The smallest absolute Gasteiger partial charge is 0.341 e. The first-order valence-electron chi connectivity index (χ1n) is 5.97. The third kappa shape index (κ3) is 5.03. The van der Waals surface area contributed by atoms with Crippen LogP contribution in [0.15, 0.2) is 21.5 Å². The predicted octanol–water partition coefficient (Wildman–Crippen LogP) is 1.82.